The molecule has 0 heterocycles. The van der Waals surface area contributed by atoms with Crippen molar-refractivity contribution in [1.82, 2.24) is 5.43 Å². The number of nitrogens with two attached hydrogens (primary N) is 1. The molecule has 1 aromatic carbocycles. The van der Waals surface area contributed by atoms with Crippen molar-refractivity contribution in [3.63, 3.8) is 0 Å². The van der Waals surface area contributed by atoms with Gasteiger partial charge >= 0.3 is 6.18 Å². The molecular weight excluding hydrogens is 241 g/mol. The second-order valence-electron chi connectivity index (χ2n) is 5.53. The summed E-state index contributed by atoms with van der Waals surface area (Å²) in [6.07, 6.45) is -3.46. The number of rotatable bonds is 3. The van der Waals surface area contributed by atoms with Crippen LogP contribution in [0.4, 0.5) is 13.2 Å². The smallest absolute Gasteiger partial charge is 0.271 e. The summed E-state index contributed by atoms with van der Waals surface area (Å²) in [6, 6.07) is 5.18. The summed E-state index contributed by atoms with van der Waals surface area (Å²) in [5.41, 5.74) is 2.24. The summed E-state index contributed by atoms with van der Waals surface area (Å²) in [7, 11) is 0. The Morgan fingerprint density at radius 2 is 1.89 bits per heavy atom. The van der Waals surface area contributed by atoms with E-state index >= 15 is 0 Å². The Morgan fingerprint density at radius 1 is 1.33 bits per heavy atom. The van der Waals surface area contributed by atoms with E-state index in [9.17, 15) is 13.2 Å². The van der Waals surface area contributed by atoms with Gasteiger partial charge in [-0.3, -0.25) is 11.3 Å². The molecule has 5 heteroatoms. The van der Waals surface area contributed by atoms with Crippen LogP contribution in [0.15, 0.2) is 24.3 Å². The molecule has 0 spiro atoms. The van der Waals surface area contributed by atoms with Crippen LogP contribution in [0.1, 0.15) is 37.4 Å². The van der Waals surface area contributed by atoms with Crippen molar-refractivity contribution in [1.29, 1.82) is 0 Å². The first kappa shape index (κ1) is 13.4. The number of halogens is 3. The molecule has 0 saturated heterocycles. The monoisotopic (exact) mass is 258 g/mol. The van der Waals surface area contributed by atoms with Gasteiger partial charge in [0.1, 0.15) is 0 Å². The zero-order valence-electron chi connectivity index (χ0n) is 10.4. The first-order valence-corrected chi connectivity index (χ1v) is 5.89. The number of nitrogens with one attached hydrogen (secondary N) is 1. The third-order valence-corrected chi connectivity index (χ3v) is 3.77. The fraction of sp³-hybridized carbons (Fsp3) is 0.538. The SMILES string of the molecule is CC1(C)CC1C(NN)c1ccccc1C(F)(F)F. The quantitative estimate of drug-likeness (QED) is 0.645. The predicted octanol–water partition coefficient (Wildman–Crippen LogP) is 3.26. The lowest BCUT2D eigenvalue weighted by molar-refractivity contribution is -0.138. The zero-order valence-corrected chi connectivity index (χ0v) is 10.4. The molecule has 0 aliphatic heterocycles. The van der Waals surface area contributed by atoms with Gasteiger partial charge in [0.05, 0.1) is 5.56 Å². The molecule has 2 nitrogen and oxygen atoms in total. The van der Waals surface area contributed by atoms with E-state index in [0.29, 0.717) is 0 Å². The van der Waals surface area contributed by atoms with Gasteiger partial charge in [-0.2, -0.15) is 13.2 Å². The minimum Gasteiger partial charge on any atom is -0.271 e. The molecule has 0 aromatic heterocycles. The lowest BCUT2D eigenvalue weighted by atomic mass is 9.93. The Hall–Kier alpha value is -1.07. The molecule has 2 unspecified atom stereocenters. The fourth-order valence-electron chi connectivity index (χ4n) is 2.53. The van der Waals surface area contributed by atoms with Crippen LogP contribution in [0.25, 0.3) is 0 Å². The van der Waals surface area contributed by atoms with Crippen molar-refractivity contribution in [3.05, 3.63) is 35.4 Å². The number of hydrogen-bond donors (Lipinski definition) is 2. The molecular formula is C13H17F3N2. The van der Waals surface area contributed by atoms with E-state index in [1.807, 2.05) is 13.8 Å². The average Bonchev–Trinajstić information content (AvgIpc) is 2.88. The molecule has 100 valence electrons. The topological polar surface area (TPSA) is 38.0 Å². The summed E-state index contributed by atoms with van der Waals surface area (Å²) in [4.78, 5) is 0. The molecule has 1 fully saturated rings. The van der Waals surface area contributed by atoms with Crippen molar-refractivity contribution in [3.8, 4) is 0 Å². The van der Waals surface area contributed by atoms with Crippen LogP contribution < -0.4 is 11.3 Å². The fourth-order valence-corrected chi connectivity index (χ4v) is 2.53. The maximum Gasteiger partial charge on any atom is 0.416 e. The molecule has 0 amide bonds. The standard InChI is InChI=1S/C13H17F3N2/c1-12(2)7-10(12)11(18-17)8-5-3-4-6-9(8)13(14,15)16/h3-6,10-11,18H,7,17H2,1-2H3. The number of hydrazine groups is 1. The van der Waals surface area contributed by atoms with Crippen molar-refractivity contribution in [2.45, 2.75) is 32.5 Å². The van der Waals surface area contributed by atoms with Crippen LogP contribution in [0.3, 0.4) is 0 Å². The summed E-state index contributed by atoms with van der Waals surface area (Å²) in [5, 5.41) is 0. The Bertz CT molecular complexity index is 440. The van der Waals surface area contributed by atoms with Gasteiger partial charge in [-0.15, -0.1) is 0 Å². The van der Waals surface area contributed by atoms with E-state index in [1.165, 1.54) is 12.1 Å². The largest absolute Gasteiger partial charge is 0.416 e. The van der Waals surface area contributed by atoms with E-state index in [1.54, 1.807) is 6.07 Å². The number of hydrogen-bond acceptors (Lipinski definition) is 2. The van der Waals surface area contributed by atoms with Gasteiger partial charge in [-0.1, -0.05) is 32.0 Å². The summed E-state index contributed by atoms with van der Waals surface area (Å²) >= 11 is 0. The van der Waals surface area contributed by atoms with Crippen molar-refractivity contribution >= 4 is 0 Å². The maximum atomic E-state index is 13.0. The van der Waals surface area contributed by atoms with Crippen LogP contribution in [-0.2, 0) is 6.18 Å². The first-order valence-electron chi connectivity index (χ1n) is 5.89. The summed E-state index contributed by atoms with van der Waals surface area (Å²) < 4.78 is 38.9. The minimum atomic E-state index is -4.34. The van der Waals surface area contributed by atoms with Crippen LogP contribution in [0, 0.1) is 11.3 Å². The van der Waals surface area contributed by atoms with E-state index in [4.69, 9.17) is 5.84 Å². The minimum absolute atomic E-state index is 0.0513. The van der Waals surface area contributed by atoms with Crippen LogP contribution in [0.5, 0.6) is 0 Å². The summed E-state index contributed by atoms with van der Waals surface area (Å²) in [6.45, 7) is 4.08. The molecule has 1 aliphatic rings. The van der Waals surface area contributed by atoms with Gasteiger partial charge in [0.15, 0.2) is 0 Å². The van der Waals surface area contributed by atoms with E-state index in [-0.39, 0.29) is 16.9 Å². The van der Waals surface area contributed by atoms with E-state index in [0.717, 1.165) is 12.5 Å². The average molecular weight is 258 g/mol. The zero-order chi connectivity index (χ0) is 13.6. The Morgan fingerprint density at radius 3 is 2.33 bits per heavy atom. The molecule has 3 N–H and O–H groups in total. The lowest BCUT2D eigenvalue weighted by Gasteiger charge is -2.22. The van der Waals surface area contributed by atoms with Gasteiger partial charge in [0.2, 0.25) is 0 Å². The highest BCUT2D eigenvalue weighted by Crippen LogP contribution is 2.58. The van der Waals surface area contributed by atoms with Gasteiger partial charge in [-0.05, 0) is 29.4 Å². The maximum absolute atomic E-state index is 13.0. The highest BCUT2D eigenvalue weighted by Gasteiger charge is 2.51. The third-order valence-electron chi connectivity index (χ3n) is 3.77. The van der Waals surface area contributed by atoms with E-state index < -0.39 is 17.8 Å². The second-order valence-corrected chi connectivity index (χ2v) is 5.53. The van der Waals surface area contributed by atoms with E-state index in [2.05, 4.69) is 5.43 Å². The van der Waals surface area contributed by atoms with Gasteiger partial charge in [0, 0.05) is 6.04 Å². The number of alkyl halides is 3. The molecule has 0 bridgehead atoms. The molecule has 0 radical (unpaired) electrons. The highest BCUT2D eigenvalue weighted by molar-refractivity contribution is 5.34. The third kappa shape index (κ3) is 2.37. The van der Waals surface area contributed by atoms with Gasteiger partial charge < -0.3 is 0 Å². The Kier molecular flexibility index (Phi) is 3.15. The van der Waals surface area contributed by atoms with Gasteiger partial charge in [-0.25, -0.2) is 0 Å². The normalized spacial score (nSPS) is 23.8. The molecule has 18 heavy (non-hydrogen) atoms. The van der Waals surface area contributed by atoms with Crippen molar-refractivity contribution in [2.24, 2.45) is 17.2 Å². The Labute approximate surface area is 104 Å². The molecule has 1 saturated carbocycles. The van der Waals surface area contributed by atoms with Crippen molar-refractivity contribution in [2.75, 3.05) is 0 Å². The number of benzene rings is 1. The van der Waals surface area contributed by atoms with Crippen LogP contribution in [0.2, 0.25) is 0 Å². The predicted molar refractivity (Wildman–Crippen MR) is 63.4 cm³/mol. The molecule has 2 rings (SSSR count). The first-order chi connectivity index (χ1) is 8.27. The van der Waals surface area contributed by atoms with Crippen LogP contribution >= 0.6 is 0 Å². The molecule has 1 aromatic rings. The molecule has 2 atom stereocenters. The highest BCUT2D eigenvalue weighted by atomic mass is 19.4. The molecule has 1 aliphatic carbocycles. The summed E-state index contributed by atoms with van der Waals surface area (Å²) in [5.74, 6) is 5.61. The lowest BCUT2D eigenvalue weighted by Crippen LogP contribution is -2.32. The van der Waals surface area contributed by atoms with Crippen LogP contribution in [-0.4, -0.2) is 0 Å². The van der Waals surface area contributed by atoms with Crippen molar-refractivity contribution < 1.29 is 13.2 Å². The second kappa shape index (κ2) is 4.24. The Balaban J connectivity index is 2.38. The van der Waals surface area contributed by atoms with Gasteiger partial charge in [0.25, 0.3) is 0 Å².